The lowest BCUT2D eigenvalue weighted by atomic mass is 9.94. The molecule has 0 aliphatic carbocycles. The highest BCUT2D eigenvalue weighted by Gasteiger charge is 2.24. The van der Waals surface area contributed by atoms with Crippen LogP contribution in [0.25, 0.3) is 66.8 Å². The predicted octanol–water partition coefficient (Wildman–Crippen LogP) is 10.3. The van der Waals surface area contributed by atoms with Gasteiger partial charge in [-0.05, 0) is 55.3 Å². The average molecular weight is 581 g/mol. The minimum Gasteiger partial charge on any atom is -0.455 e. The summed E-state index contributed by atoms with van der Waals surface area (Å²) in [6, 6.07) is 32.9. The topological polar surface area (TPSA) is 113 Å². The second-order valence-electron chi connectivity index (χ2n) is 10.8. The predicted molar refractivity (Wildman–Crippen MR) is 171 cm³/mol. The number of hydrogen-bond donors (Lipinski definition) is 0. The van der Waals surface area contributed by atoms with Crippen LogP contribution in [0.1, 0.15) is 11.1 Å². The highest BCUT2D eigenvalue weighted by Crippen LogP contribution is 2.47. The Hall–Kier alpha value is -6.02. The first-order chi connectivity index (χ1) is 21.3. The van der Waals surface area contributed by atoms with E-state index in [0.717, 1.165) is 44.2 Å². The SMILES string of the molecule is Cc1ccc(-c2c(-c3ccc([N+](=O)[O-])cc3)oc3cc4oc(-c5ccc([N+](=O)[O-])cc5)c(-c5ccc(C)cc5)c4cc23)cc1. The lowest BCUT2D eigenvalue weighted by Crippen LogP contribution is -1.88. The van der Waals surface area contributed by atoms with Gasteiger partial charge >= 0.3 is 0 Å². The molecule has 0 bridgehead atoms. The second-order valence-corrected chi connectivity index (χ2v) is 10.8. The third-order valence-corrected chi connectivity index (χ3v) is 7.86. The molecule has 7 aromatic rings. The van der Waals surface area contributed by atoms with Gasteiger partial charge in [0.25, 0.3) is 11.4 Å². The summed E-state index contributed by atoms with van der Waals surface area (Å²) in [4.78, 5) is 21.8. The molecule has 0 fully saturated rings. The van der Waals surface area contributed by atoms with Crippen molar-refractivity contribution in [1.29, 1.82) is 0 Å². The summed E-state index contributed by atoms with van der Waals surface area (Å²) in [6.07, 6.45) is 0. The van der Waals surface area contributed by atoms with E-state index in [2.05, 4.69) is 6.07 Å². The molecule has 8 heteroatoms. The van der Waals surface area contributed by atoms with Gasteiger partial charge < -0.3 is 8.83 Å². The van der Waals surface area contributed by atoms with Gasteiger partial charge in [-0.15, -0.1) is 0 Å². The molecule has 0 radical (unpaired) electrons. The van der Waals surface area contributed by atoms with E-state index in [9.17, 15) is 20.2 Å². The number of furan rings is 2. The summed E-state index contributed by atoms with van der Waals surface area (Å²) < 4.78 is 13.0. The van der Waals surface area contributed by atoms with Crippen LogP contribution in [0.3, 0.4) is 0 Å². The van der Waals surface area contributed by atoms with Gasteiger partial charge in [-0.3, -0.25) is 20.2 Å². The molecule has 214 valence electrons. The summed E-state index contributed by atoms with van der Waals surface area (Å²) >= 11 is 0. The highest BCUT2D eigenvalue weighted by molar-refractivity contribution is 6.11. The van der Waals surface area contributed by atoms with Crippen LogP contribution < -0.4 is 0 Å². The van der Waals surface area contributed by atoms with Crippen LogP contribution in [0.4, 0.5) is 11.4 Å². The minimum absolute atomic E-state index is 0.000717. The lowest BCUT2D eigenvalue weighted by molar-refractivity contribution is -0.385. The number of fused-ring (bicyclic) bond motifs is 2. The number of aryl methyl sites for hydroxylation is 2. The fraction of sp³-hybridized carbons (Fsp3) is 0.0556. The summed E-state index contributed by atoms with van der Waals surface area (Å²) in [5.74, 6) is 1.19. The first kappa shape index (κ1) is 26.9. The first-order valence-electron chi connectivity index (χ1n) is 13.9. The van der Waals surface area contributed by atoms with E-state index < -0.39 is 9.85 Å². The second kappa shape index (κ2) is 10.4. The van der Waals surface area contributed by atoms with E-state index in [1.807, 2.05) is 68.4 Å². The number of benzene rings is 5. The molecule has 8 nitrogen and oxygen atoms in total. The largest absolute Gasteiger partial charge is 0.455 e. The smallest absolute Gasteiger partial charge is 0.269 e. The van der Waals surface area contributed by atoms with Crippen LogP contribution in [-0.4, -0.2) is 9.85 Å². The maximum Gasteiger partial charge on any atom is 0.269 e. The highest BCUT2D eigenvalue weighted by atomic mass is 16.6. The normalized spacial score (nSPS) is 11.3. The van der Waals surface area contributed by atoms with E-state index in [-0.39, 0.29) is 11.4 Å². The van der Waals surface area contributed by atoms with Crippen molar-refractivity contribution < 1.29 is 18.7 Å². The van der Waals surface area contributed by atoms with Gasteiger partial charge in [0.15, 0.2) is 0 Å². The molecule has 0 saturated carbocycles. The van der Waals surface area contributed by atoms with E-state index in [4.69, 9.17) is 8.83 Å². The monoisotopic (exact) mass is 580 g/mol. The third-order valence-electron chi connectivity index (χ3n) is 7.86. The zero-order chi connectivity index (χ0) is 30.5. The van der Waals surface area contributed by atoms with Crippen molar-refractivity contribution in [3.8, 4) is 44.9 Å². The molecule has 7 rings (SSSR count). The quantitative estimate of drug-likeness (QED) is 0.143. The number of rotatable bonds is 6. The summed E-state index contributed by atoms with van der Waals surface area (Å²) in [5.41, 5.74) is 8.47. The van der Waals surface area contributed by atoms with Crippen molar-refractivity contribution >= 4 is 33.3 Å². The van der Waals surface area contributed by atoms with Crippen LogP contribution in [-0.2, 0) is 0 Å². The number of nitro benzene ring substituents is 2. The molecule has 2 heterocycles. The molecular formula is C36H24N2O6. The zero-order valence-corrected chi connectivity index (χ0v) is 23.7. The van der Waals surface area contributed by atoms with Crippen molar-refractivity contribution in [3.05, 3.63) is 141 Å². The Morgan fingerprint density at radius 1 is 0.477 bits per heavy atom. The van der Waals surface area contributed by atoms with Crippen molar-refractivity contribution in [1.82, 2.24) is 0 Å². The fourth-order valence-electron chi connectivity index (χ4n) is 5.58. The summed E-state index contributed by atoms with van der Waals surface area (Å²) in [5, 5.41) is 24.3. The minimum atomic E-state index is -0.424. The first-order valence-corrected chi connectivity index (χ1v) is 13.9. The lowest BCUT2D eigenvalue weighted by Gasteiger charge is -2.06. The number of hydrogen-bond acceptors (Lipinski definition) is 6. The molecule has 0 saturated heterocycles. The fourth-order valence-corrected chi connectivity index (χ4v) is 5.58. The van der Waals surface area contributed by atoms with E-state index >= 15 is 0 Å². The van der Waals surface area contributed by atoms with Crippen molar-refractivity contribution in [2.24, 2.45) is 0 Å². The van der Waals surface area contributed by atoms with Crippen LogP contribution in [0.5, 0.6) is 0 Å². The number of nitrogens with zero attached hydrogens (tertiary/aromatic N) is 2. The molecular weight excluding hydrogens is 556 g/mol. The number of nitro groups is 2. The van der Waals surface area contributed by atoms with Gasteiger partial charge in [-0.2, -0.15) is 0 Å². The van der Waals surface area contributed by atoms with Gasteiger partial charge in [0.05, 0.1) is 9.85 Å². The van der Waals surface area contributed by atoms with Gasteiger partial charge in [-0.25, -0.2) is 0 Å². The van der Waals surface area contributed by atoms with E-state index in [1.54, 1.807) is 24.3 Å². The zero-order valence-electron chi connectivity index (χ0n) is 23.7. The Morgan fingerprint density at radius 3 is 1.16 bits per heavy atom. The Labute approximate surface area is 251 Å². The standard InChI is InChI=1S/C36H24N2O6/c1-21-3-7-23(8-4-21)33-29-19-30-32(20-31(29)43-35(33)25-11-15-27(16-12-25)37(39)40)44-36(26-13-17-28(18-14-26)38(41)42)34(30)24-9-5-22(2)6-10-24/h3-20H,1-2H3. The van der Waals surface area contributed by atoms with E-state index in [0.29, 0.717) is 33.8 Å². The van der Waals surface area contributed by atoms with E-state index in [1.165, 1.54) is 24.3 Å². The molecule has 0 aliphatic rings. The molecule has 0 spiro atoms. The number of non-ortho nitro benzene ring substituents is 2. The molecule has 0 N–H and O–H groups in total. The Morgan fingerprint density at radius 2 is 0.818 bits per heavy atom. The van der Waals surface area contributed by atoms with Gasteiger partial charge in [-0.1, -0.05) is 59.7 Å². The molecule has 44 heavy (non-hydrogen) atoms. The van der Waals surface area contributed by atoms with Gasteiger partial charge in [0.2, 0.25) is 0 Å². The molecule has 0 amide bonds. The molecule has 0 aliphatic heterocycles. The molecule has 2 aromatic heterocycles. The molecule has 5 aromatic carbocycles. The Bertz CT molecular complexity index is 2050. The Kier molecular flexibility index (Phi) is 6.32. The van der Waals surface area contributed by atoms with Crippen molar-refractivity contribution in [3.63, 3.8) is 0 Å². The van der Waals surface area contributed by atoms with Crippen LogP contribution >= 0.6 is 0 Å². The summed E-state index contributed by atoms with van der Waals surface area (Å²) in [6.45, 7) is 4.05. The van der Waals surface area contributed by atoms with Crippen molar-refractivity contribution in [2.75, 3.05) is 0 Å². The average Bonchev–Trinajstić information content (AvgIpc) is 3.59. The van der Waals surface area contributed by atoms with Crippen molar-refractivity contribution in [2.45, 2.75) is 13.8 Å². The maximum absolute atomic E-state index is 11.3. The molecule has 0 unspecified atom stereocenters. The third kappa shape index (κ3) is 4.59. The van der Waals surface area contributed by atoms with Crippen LogP contribution in [0, 0.1) is 34.1 Å². The van der Waals surface area contributed by atoms with Gasteiger partial charge in [0.1, 0.15) is 22.7 Å². The van der Waals surface area contributed by atoms with Crippen LogP contribution in [0.2, 0.25) is 0 Å². The summed E-state index contributed by atoms with van der Waals surface area (Å²) in [7, 11) is 0. The van der Waals surface area contributed by atoms with Gasteiger partial charge in [0, 0.05) is 63.4 Å². The van der Waals surface area contributed by atoms with Crippen LogP contribution in [0.15, 0.2) is 118 Å². The Balaban J connectivity index is 1.51. The molecule has 0 atom stereocenters. The maximum atomic E-state index is 11.3.